The number of methoxy groups -OCH3 is 2. The van der Waals surface area contributed by atoms with Crippen molar-refractivity contribution in [3.8, 4) is 11.5 Å². The lowest BCUT2D eigenvalue weighted by atomic mass is 9.90. The van der Waals surface area contributed by atoms with Gasteiger partial charge >= 0.3 is 0 Å². The zero-order valence-electron chi connectivity index (χ0n) is 36.7. The molecule has 0 saturated heterocycles. The predicted octanol–water partition coefficient (Wildman–Crippen LogP) is 3.23. The van der Waals surface area contributed by atoms with E-state index in [2.05, 4.69) is 31.9 Å². The van der Waals surface area contributed by atoms with Crippen molar-refractivity contribution in [2.75, 3.05) is 68.6 Å². The van der Waals surface area contributed by atoms with Crippen molar-refractivity contribution in [2.24, 2.45) is 0 Å². The van der Waals surface area contributed by atoms with Gasteiger partial charge in [-0.3, -0.25) is 28.8 Å². The van der Waals surface area contributed by atoms with E-state index in [0.29, 0.717) is 99.8 Å². The molecule has 0 bridgehead atoms. The molecule has 0 radical (unpaired) electrons. The van der Waals surface area contributed by atoms with Gasteiger partial charge in [-0.1, -0.05) is 12.1 Å². The van der Waals surface area contributed by atoms with Crippen LogP contribution in [0.25, 0.3) is 0 Å². The van der Waals surface area contributed by atoms with Crippen LogP contribution in [0.1, 0.15) is 114 Å². The molecular formula is C46H62N8O8. The minimum atomic E-state index is -0.390. The standard InChI is InChI=1S/C46H62N8O8/c1-53(2)23-21-47-41(55)29-9-7-11-31(25-29)43(57)49-33-13-17-35(18-14-33)51-45(59)37-27-38(40(62-6)28-39(37)61-5)46(60)52-36-19-15-34(16-20-36)50-44(58)32-12-8-10-30(26-32)42(56)48-22-24-54(3)4/h7-12,25-28,33-36H,13-24H2,1-6H3,(H,47,55)(H,48,56)(H,49,57)(H,50,58)(H,51,59)(H,52,60)/t33-,34-,35-,36-. The third-order valence-electron chi connectivity index (χ3n) is 11.3. The molecule has 2 fully saturated rings. The van der Waals surface area contributed by atoms with Crippen LogP contribution in [0.15, 0.2) is 60.7 Å². The average Bonchev–Trinajstić information content (AvgIpc) is 3.26. The maximum Gasteiger partial charge on any atom is 0.255 e. The summed E-state index contributed by atoms with van der Waals surface area (Å²) in [5.41, 5.74) is 2.04. The molecule has 2 aliphatic carbocycles. The number of carbonyl (C=O) groups is 6. The van der Waals surface area contributed by atoms with Crippen LogP contribution in [0, 0.1) is 0 Å². The molecule has 2 aliphatic rings. The van der Waals surface area contributed by atoms with Gasteiger partial charge in [0.05, 0.1) is 25.3 Å². The first-order valence-corrected chi connectivity index (χ1v) is 21.3. The second kappa shape index (κ2) is 22.7. The Morgan fingerprint density at radius 1 is 0.468 bits per heavy atom. The molecule has 5 rings (SSSR count). The van der Waals surface area contributed by atoms with Crippen LogP contribution in [-0.2, 0) is 0 Å². The number of nitrogens with one attached hydrogen (secondary N) is 6. The minimum Gasteiger partial charge on any atom is -0.496 e. The number of hydrogen-bond acceptors (Lipinski definition) is 10. The Kier molecular flexibility index (Phi) is 17.3. The number of amides is 6. The van der Waals surface area contributed by atoms with Gasteiger partial charge in [-0.15, -0.1) is 0 Å². The van der Waals surface area contributed by atoms with E-state index in [1.165, 1.54) is 26.4 Å². The summed E-state index contributed by atoms with van der Waals surface area (Å²) in [7, 11) is 10.6. The summed E-state index contributed by atoms with van der Waals surface area (Å²) >= 11 is 0. The molecule has 2 saturated carbocycles. The molecule has 0 aromatic heterocycles. The van der Waals surface area contributed by atoms with Gasteiger partial charge in [-0.25, -0.2) is 0 Å². The van der Waals surface area contributed by atoms with Crippen LogP contribution < -0.4 is 41.4 Å². The summed E-state index contributed by atoms with van der Waals surface area (Å²) in [5, 5.41) is 18.1. The van der Waals surface area contributed by atoms with E-state index in [1.54, 1.807) is 48.5 Å². The third-order valence-corrected chi connectivity index (χ3v) is 11.3. The number of nitrogens with zero attached hydrogens (tertiary/aromatic N) is 2. The van der Waals surface area contributed by atoms with E-state index in [9.17, 15) is 28.8 Å². The Morgan fingerprint density at radius 2 is 0.774 bits per heavy atom. The normalized spacial score (nSPS) is 18.6. The SMILES string of the molecule is COc1cc(OC)c(C(=O)N[C@H]2CC[C@H](NC(=O)c3cccc(C(=O)NCCN(C)C)c3)CC2)cc1C(=O)N[C@H]1CC[C@H](NC(=O)c2cccc(C(=O)NCCN(C)C)c2)CC1. The quantitative estimate of drug-likeness (QED) is 0.111. The minimum absolute atomic E-state index is 0.0971. The lowest BCUT2D eigenvalue weighted by molar-refractivity contribution is 0.0885. The first-order valence-electron chi connectivity index (χ1n) is 21.3. The van der Waals surface area contributed by atoms with Crippen molar-refractivity contribution >= 4 is 35.4 Å². The summed E-state index contributed by atoms with van der Waals surface area (Å²) < 4.78 is 11.1. The summed E-state index contributed by atoms with van der Waals surface area (Å²) in [5.74, 6) is -1.25. The van der Waals surface area contributed by atoms with E-state index >= 15 is 0 Å². The van der Waals surface area contributed by atoms with Crippen molar-refractivity contribution in [1.29, 1.82) is 0 Å². The van der Waals surface area contributed by atoms with Gasteiger partial charge in [0, 0.05) is 78.7 Å². The highest BCUT2D eigenvalue weighted by molar-refractivity contribution is 6.04. The molecular weight excluding hydrogens is 793 g/mol. The van der Waals surface area contributed by atoms with Gasteiger partial charge in [-0.2, -0.15) is 0 Å². The fourth-order valence-corrected chi connectivity index (χ4v) is 7.68. The van der Waals surface area contributed by atoms with E-state index in [1.807, 2.05) is 38.0 Å². The molecule has 62 heavy (non-hydrogen) atoms. The zero-order chi connectivity index (χ0) is 44.8. The van der Waals surface area contributed by atoms with E-state index in [0.717, 1.165) is 0 Å². The Labute approximate surface area is 364 Å². The van der Waals surface area contributed by atoms with Gasteiger partial charge in [0.15, 0.2) is 0 Å². The van der Waals surface area contributed by atoms with Crippen LogP contribution in [-0.4, -0.2) is 138 Å². The van der Waals surface area contributed by atoms with Crippen molar-refractivity contribution < 1.29 is 38.2 Å². The summed E-state index contributed by atoms with van der Waals surface area (Å²) in [6.07, 6.45) is 5.08. The Balaban J connectivity index is 1.10. The molecule has 334 valence electrons. The van der Waals surface area contributed by atoms with Crippen LogP contribution in [0.2, 0.25) is 0 Å². The first kappa shape index (κ1) is 47.1. The molecule has 6 N–H and O–H groups in total. The number of hydrogen-bond donors (Lipinski definition) is 6. The molecule has 16 heteroatoms. The first-order chi connectivity index (χ1) is 29.7. The average molecular weight is 855 g/mol. The fraction of sp³-hybridized carbons (Fsp3) is 0.478. The summed E-state index contributed by atoms with van der Waals surface area (Å²) in [6.45, 7) is 2.40. The molecule has 0 atom stereocenters. The van der Waals surface area contributed by atoms with E-state index < -0.39 is 11.8 Å². The zero-order valence-corrected chi connectivity index (χ0v) is 36.7. The molecule has 3 aromatic rings. The predicted molar refractivity (Wildman–Crippen MR) is 236 cm³/mol. The third kappa shape index (κ3) is 13.5. The number of carbonyl (C=O) groups excluding carboxylic acids is 6. The Hall–Kier alpha value is -6.00. The van der Waals surface area contributed by atoms with Crippen molar-refractivity contribution in [1.82, 2.24) is 41.7 Å². The van der Waals surface area contributed by atoms with Crippen molar-refractivity contribution in [3.63, 3.8) is 0 Å². The lowest BCUT2D eigenvalue weighted by Crippen LogP contribution is -2.44. The topological polar surface area (TPSA) is 200 Å². The molecule has 6 amide bonds. The number of rotatable bonds is 18. The molecule has 0 unspecified atom stereocenters. The molecule has 0 aliphatic heterocycles. The van der Waals surface area contributed by atoms with Crippen LogP contribution in [0.3, 0.4) is 0 Å². The molecule has 16 nitrogen and oxygen atoms in total. The van der Waals surface area contributed by atoms with Crippen LogP contribution >= 0.6 is 0 Å². The van der Waals surface area contributed by atoms with Crippen LogP contribution in [0.5, 0.6) is 11.5 Å². The Morgan fingerprint density at radius 3 is 1.08 bits per heavy atom. The second-order valence-corrected chi connectivity index (χ2v) is 16.5. The fourth-order valence-electron chi connectivity index (χ4n) is 7.68. The van der Waals surface area contributed by atoms with Gasteiger partial charge in [0.1, 0.15) is 11.5 Å². The monoisotopic (exact) mass is 854 g/mol. The number of likely N-dealkylation sites (N-methyl/N-ethyl adjacent to an activating group) is 2. The highest BCUT2D eigenvalue weighted by Gasteiger charge is 2.29. The molecule has 0 heterocycles. The largest absolute Gasteiger partial charge is 0.496 e. The number of benzene rings is 3. The van der Waals surface area contributed by atoms with Gasteiger partial charge in [-0.05, 0) is 122 Å². The smallest absolute Gasteiger partial charge is 0.255 e. The molecule has 0 spiro atoms. The maximum atomic E-state index is 13.7. The van der Waals surface area contributed by atoms with E-state index in [-0.39, 0.29) is 70.4 Å². The Bertz CT molecular complexity index is 1920. The van der Waals surface area contributed by atoms with Crippen molar-refractivity contribution in [2.45, 2.75) is 75.5 Å². The number of ether oxygens (including phenoxy) is 2. The van der Waals surface area contributed by atoms with Gasteiger partial charge in [0.2, 0.25) is 0 Å². The second-order valence-electron chi connectivity index (χ2n) is 16.5. The highest BCUT2D eigenvalue weighted by atomic mass is 16.5. The highest BCUT2D eigenvalue weighted by Crippen LogP contribution is 2.31. The van der Waals surface area contributed by atoms with Gasteiger partial charge < -0.3 is 51.2 Å². The lowest BCUT2D eigenvalue weighted by Gasteiger charge is -2.30. The summed E-state index contributed by atoms with van der Waals surface area (Å²) in [6, 6.07) is 15.8. The van der Waals surface area contributed by atoms with Crippen molar-refractivity contribution in [3.05, 3.63) is 94.0 Å². The van der Waals surface area contributed by atoms with Crippen LogP contribution in [0.4, 0.5) is 0 Å². The molecule has 3 aromatic carbocycles. The maximum absolute atomic E-state index is 13.7. The van der Waals surface area contributed by atoms with Gasteiger partial charge in [0.25, 0.3) is 35.4 Å². The van der Waals surface area contributed by atoms with E-state index in [4.69, 9.17) is 9.47 Å². The summed E-state index contributed by atoms with van der Waals surface area (Å²) in [4.78, 5) is 82.8.